The molecule has 2 aromatic rings. The largest absolute Gasteiger partial charge is 0.492 e. The predicted molar refractivity (Wildman–Crippen MR) is 97.0 cm³/mol. The highest BCUT2D eigenvalue weighted by Crippen LogP contribution is 2.20. The van der Waals surface area contributed by atoms with E-state index in [-0.39, 0.29) is 24.4 Å². The first-order chi connectivity index (χ1) is 12.2. The number of hydrogen-bond acceptors (Lipinski definition) is 3. The summed E-state index contributed by atoms with van der Waals surface area (Å²) in [5, 5.41) is 2.92. The van der Waals surface area contributed by atoms with Gasteiger partial charge in [-0.15, -0.1) is 0 Å². The maximum Gasteiger partial charge on any atom is 0.242 e. The molecule has 0 radical (unpaired) electrons. The molecular weight excluding hydrogens is 319 g/mol. The number of hydrogen-bond donors (Lipinski definition) is 1. The maximum atomic E-state index is 13.1. The summed E-state index contributed by atoms with van der Waals surface area (Å²) in [5.74, 6) is 0.0579. The summed E-state index contributed by atoms with van der Waals surface area (Å²) in [6.07, 6.45) is 0. The van der Waals surface area contributed by atoms with E-state index in [1.165, 1.54) is 12.1 Å². The van der Waals surface area contributed by atoms with E-state index in [0.29, 0.717) is 12.3 Å². The second-order valence-electron chi connectivity index (χ2n) is 5.63. The summed E-state index contributed by atoms with van der Waals surface area (Å²) in [7, 11) is 0. The number of carbonyl (C=O) groups excluding carboxylic acids is 1. The highest BCUT2D eigenvalue weighted by Gasteiger charge is 2.25. The Labute approximate surface area is 148 Å². The number of amides is 1. The van der Waals surface area contributed by atoms with Crippen LogP contribution in [0.15, 0.2) is 54.6 Å². The van der Waals surface area contributed by atoms with Crippen molar-refractivity contribution in [2.45, 2.75) is 19.9 Å². The van der Waals surface area contributed by atoms with E-state index >= 15 is 0 Å². The van der Waals surface area contributed by atoms with Crippen LogP contribution >= 0.6 is 0 Å². The Kier molecular flexibility index (Phi) is 7.41. The fourth-order valence-corrected chi connectivity index (χ4v) is 2.75. The van der Waals surface area contributed by atoms with Gasteiger partial charge >= 0.3 is 0 Å². The molecule has 0 saturated heterocycles. The SMILES string of the molecule is CCN(CC)C(C(=O)NCCOc1cccc(F)c1)c1ccccc1. The Balaban J connectivity index is 1.93. The Morgan fingerprint density at radius 3 is 2.48 bits per heavy atom. The molecule has 0 spiro atoms. The smallest absolute Gasteiger partial charge is 0.242 e. The number of benzene rings is 2. The lowest BCUT2D eigenvalue weighted by Gasteiger charge is -2.29. The highest BCUT2D eigenvalue weighted by atomic mass is 19.1. The lowest BCUT2D eigenvalue weighted by Crippen LogP contribution is -2.41. The van der Waals surface area contributed by atoms with E-state index in [1.807, 2.05) is 44.2 Å². The quantitative estimate of drug-likeness (QED) is 0.709. The third kappa shape index (κ3) is 5.57. The van der Waals surface area contributed by atoms with E-state index in [4.69, 9.17) is 4.74 Å². The number of likely N-dealkylation sites (N-methyl/N-ethyl adjacent to an activating group) is 1. The third-order valence-electron chi connectivity index (χ3n) is 4.01. The van der Waals surface area contributed by atoms with E-state index in [0.717, 1.165) is 18.7 Å². The van der Waals surface area contributed by atoms with Crippen molar-refractivity contribution >= 4 is 5.91 Å². The Morgan fingerprint density at radius 1 is 1.12 bits per heavy atom. The van der Waals surface area contributed by atoms with Gasteiger partial charge in [0.25, 0.3) is 0 Å². The van der Waals surface area contributed by atoms with Gasteiger partial charge in [0.15, 0.2) is 0 Å². The fraction of sp³-hybridized carbons (Fsp3) is 0.350. The summed E-state index contributed by atoms with van der Waals surface area (Å²) in [6, 6.07) is 15.4. The molecule has 0 aliphatic carbocycles. The molecule has 0 fully saturated rings. The van der Waals surface area contributed by atoms with Crippen molar-refractivity contribution in [3.8, 4) is 5.75 Å². The molecule has 1 N–H and O–H groups in total. The van der Waals surface area contributed by atoms with E-state index in [2.05, 4.69) is 10.2 Å². The van der Waals surface area contributed by atoms with Gasteiger partial charge in [0.05, 0.1) is 6.54 Å². The third-order valence-corrected chi connectivity index (χ3v) is 4.01. The van der Waals surface area contributed by atoms with Crippen LogP contribution in [-0.4, -0.2) is 37.0 Å². The minimum atomic E-state index is -0.341. The maximum absolute atomic E-state index is 13.1. The number of ether oxygens (including phenoxy) is 1. The van der Waals surface area contributed by atoms with Gasteiger partial charge in [-0.3, -0.25) is 9.69 Å². The Hall–Kier alpha value is -2.40. The van der Waals surface area contributed by atoms with Crippen LogP contribution in [0, 0.1) is 5.82 Å². The molecule has 1 amide bonds. The molecular formula is C20H25FN2O2. The second kappa shape index (κ2) is 9.79. The molecule has 0 aliphatic heterocycles. The molecule has 5 heteroatoms. The lowest BCUT2D eigenvalue weighted by molar-refractivity contribution is -0.126. The molecule has 1 atom stereocenters. The second-order valence-corrected chi connectivity index (χ2v) is 5.63. The molecule has 0 bridgehead atoms. The molecule has 0 aromatic heterocycles. The lowest BCUT2D eigenvalue weighted by atomic mass is 10.0. The number of carbonyl (C=O) groups is 1. The summed E-state index contributed by atoms with van der Waals surface area (Å²) in [5.41, 5.74) is 0.967. The summed E-state index contributed by atoms with van der Waals surface area (Å²) < 4.78 is 18.6. The van der Waals surface area contributed by atoms with Gasteiger partial charge in [-0.2, -0.15) is 0 Å². The van der Waals surface area contributed by atoms with Gasteiger partial charge in [-0.05, 0) is 30.8 Å². The first kappa shape index (κ1) is 18.9. The minimum absolute atomic E-state index is 0.0576. The molecule has 2 rings (SSSR count). The predicted octanol–water partition coefficient (Wildman–Crippen LogP) is 3.40. The van der Waals surface area contributed by atoms with Crippen LogP contribution < -0.4 is 10.1 Å². The van der Waals surface area contributed by atoms with Crippen LogP contribution in [-0.2, 0) is 4.79 Å². The van der Waals surface area contributed by atoms with Crippen molar-refractivity contribution in [3.05, 3.63) is 66.0 Å². The average molecular weight is 344 g/mol. The fourth-order valence-electron chi connectivity index (χ4n) is 2.75. The Morgan fingerprint density at radius 2 is 1.84 bits per heavy atom. The molecule has 1 unspecified atom stereocenters. The number of rotatable bonds is 9. The zero-order valence-electron chi connectivity index (χ0n) is 14.7. The highest BCUT2D eigenvalue weighted by molar-refractivity contribution is 5.83. The molecule has 0 saturated carbocycles. The molecule has 0 heterocycles. The molecule has 4 nitrogen and oxygen atoms in total. The summed E-state index contributed by atoms with van der Waals surface area (Å²) >= 11 is 0. The van der Waals surface area contributed by atoms with E-state index < -0.39 is 0 Å². The number of halogens is 1. The van der Waals surface area contributed by atoms with E-state index in [1.54, 1.807) is 12.1 Å². The minimum Gasteiger partial charge on any atom is -0.492 e. The Bertz CT molecular complexity index is 660. The van der Waals surface area contributed by atoms with Gasteiger partial charge in [0, 0.05) is 6.07 Å². The van der Waals surface area contributed by atoms with Gasteiger partial charge in [-0.1, -0.05) is 50.2 Å². The van der Waals surface area contributed by atoms with E-state index in [9.17, 15) is 9.18 Å². The standard InChI is InChI=1S/C20H25FN2O2/c1-3-23(4-2)19(16-9-6-5-7-10-16)20(24)22-13-14-25-18-12-8-11-17(21)15-18/h5-12,15,19H,3-4,13-14H2,1-2H3,(H,22,24). The van der Waals surface area contributed by atoms with Gasteiger partial charge in [-0.25, -0.2) is 4.39 Å². The van der Waals surface area contributed by atoms with Crippen molar-refractivity contribution < 1.29 is 13.9 Å². The molecule has 0 aliphatic rings. The van der Waals surface area contributed by atoms with Crippen molar-refractivity contribution in [1.82, 2.24) is 10.2 Å². The number of nitrogens with zero attached hydrogens (tertiary/aromatic N) is 1. The van der Waals surface area contributed by atoms with Gasteiger partial charge < -0.3 is 10.1 Å². The zero-order chi connectivity index (χ0) is 18.1. The molecule has 2 aromatic carbocycles. The van der Waals surface area contributed by atoms with Crippen LogP contribution in [0.2, 0.25) is 0 Å². The first-order valence-electron chi connectivity index (χ1n) is 8.60. The average Bonchev–Trinajstić information content (AvgIpc) is 2.63. The van der Waals surface area contributed by atoms with Crippen LogP contribution in [0.25, 0.3) is 0 Å². The van der Waals surface area contributed by atoms with Crippen molar-refractivity contribution in [1.29, 1.82) is 0 Å². The molecule has 25 heavy (non-hydrogen) atoms. The summed E-state index contributed by atoms with van der Waals surface area (Å²) in [6.45, 7) is 6.29. The van der Waals surface area contributed by atoms with Crippen LogP contribution in [0.1, 0.15) is 25.5 Å². The number of nitrogens with one attached hydrogen (secondary N) is 1. The molecule has 134 valence electrons. The zero-order valence-corrected chi connectivity index (χ0v) is 14.7. The van der Waals surface area contributed by atoms with Gasteiger partial charge in [0.2, 0.25) is 5.91 Å². The van der Waals surface area contributed by atoms with Crippen molar-refractivity contribution in [2.24, 2.45) is 0 Å². The van der Waals surface area contributed by atoms with Crippen LogP contribution in [0.4, 0.5) is 4.39 Å². The van der Waals surface area contributed by atoms with Crippen LogP contribution in [0.3, 0.4) is 0 Å². The first-order valence-corrected chi connectivity index (χ1v) is 8.60. The normalized spacial score (nSPS) is 12.0. The van der Waals surface area contributed by atoms with Gasteiger partial charge in [0.1, 0.15) is 24.2 Å². The van der Waals surface area contributed by atoms with Crippen LogP contribution in [0.5, 0.6) is 5.75 Å². The van der Waals surface area contributed by atoms with Crippen molar-refractivity contribution in [2.75, 3.05) is 26.2 Å². The topological polar surface area (TPSA) is 41.6 Å². The van der Waals surface area contributed by atoms with Crippen molar-refractivity contribution in [3.63, 3.8) is 0 Å². The summed E-state index contributed by atoms with van der Waals surface area (Å²) in [4.78, 5) is 14.8. The monoisotopic (exact) mass is 344 g/mol.